The number of nitrogens with zero attached hydrogens (tertiary/aromatic N) is 1. The maximum atomic E-state index is 12.9. The van der Waals surface area contributed by atoms with Crippen molar-refractivity contribution >= 4 is 11.6 Å². The van der Waals surface area contributed by atoms with Crippen LogP contribution in [0.15, 0.2) is 103 Å². The van der Waals surface area contributed by atoms with Gasteiger partial charge in [0.2, 0.25) is 0 Å². The maximum Gasteiger partial charge on any atom is 0.255 e. The Hall–Kier alpha value is -4.56. The van der Waals surface area contributed by atoms with Crippen LogP contribution in [0.3, 0.4) is 0 Å². The fraction of sp³-hybridized carbons (Fsp3) is 0.0714. The summed E-state index contributed by atoms with van der Waals surface area (Å²) in [7, 11) is 0. The third kappa shape index (κ3) is 5.78. The molecule has 4 aromatic carbocycles. The Kier molecular flexibility index (Phi) is 6.99. The van der Waals surface area contributed by atoms with Gasteiger partial charge in [0.25, 0.3) is 5.91 Å². The molecular weight excluding hydrogens is 412 g/mol. The second-order valence-corrected chi connectivity index (χ2v) is 7.32. The molecule has 0 fully saturated rings. The summed E-state index contributed by atoms with van der Waals surface area (Å²) in [4.78, 5) is 12.9. The molecule has 0 saturated heterocycles. The lowest BCUT2D eigenvalue weighted by Crippen LogP contribution is -2.13. The van der Waals surface area contributed by atoms with Gasteiger partial charge in [-0.25, -0.2) is 0 Å². The summed E-state index contributed by atoms with van der Waals surface area (Å²) < 4.78 is 12.0. The maximum absolute atomic E-state index is 12.9. The van der Waals surface area contributed by atoms with E-state index in [1.54, 1.807) is 42.5 Å². The first-order valence-corrected chi connectivity index (χ1v) is 10.5. The summed E-state index contributed by atoms with van der Waals surface area (Å²) in [5, 5.41) is 12.1. The van der Waals surface area contributed by atoms with Crippen LogP contribution in [-0.4, -0.2) is 5.91 Å². The zero-order chi connectivity index (χ0) is 22.9. The fourth-order valence-corrected chi connectivity index (χ4v) is 3.24. The molecule has 0 spiro atoms. The number of carbonyl (C=O) groups excluding carboxylic acids is 1. The van der Waals surface area contributed by atoms with Gasteiger partial charge < -0.3 is 14.8 Å². The molecule has 0 heterocycles. The molecule has 0 aliphatic carbocycles. The number of para-hydroxylation sites is 1. The zero-order valence-corrected chi connectivity index (χ0v) is 17.9. The van der Waals surface area contributed by atoms with Gasteiger partial charge in [0, 0.05) is 5.56 Å². The van der Waals surface area contributed by atoms with Gasteiger partial charge in [0.15, 0.2) is 11.5 Å². The minimum atomic E-state index is -0.336. The predicted molar refractivity (Wildman–Crippen MR) is 127 cm³/mol. The van der Waals surface area contributed by atoms with Gasteiger partial charge in [-0.2, -0.15) is 5.26 Å². The lowest BCUT2D eigenvalue weighted by molar-refractivity contribution is 0.102. The van der Waals surface area contributed by atoms with E-state index in [0.29, 0.717) is 41.5 Å². The number of nitriles is 1. The largest absolute Gasteiger partial charge is 0.485 e. The highest BCUT2D eigenvalue weighted by atomic mass is 16.5. The van der Waals surface area contributed by atoms with Crippen LogP contribution < -0.4 is 14.8 Å². The molecule has 0 unspecified atom stereocenters. The summed E-state index contributed by atoms with van der Waals surface area (Å²) in [6, 6.07) is 33.7. The van der Waals surface area contributed by atoms with Gasteiger partial charge in [0.05, 0.1) is 11.3 Å². The van der Waals surface area contributed by atoms with Gasteiger partial charge in [-0.1, -0.05) is 72.8 Å². The Morgan fingerprint density at radius 2 is 1.30 bits per heavy atom. The van der Waals surface area contributed by atoms with E-state index in [0.717, 1.165) is 11.1 Å². The molecule has 0 saturated carbocycles. The van der Waals surface area contributed by atoms with Crippen molar-refractivity contribution in [3.63, 3.8) is 0 Å². The molecule has 1 N–H and O–H groups in total. The molecule has 0 aliphatic rings. The van der Waals surface area contributed by atoms with Crippen molar-refractivity contribution in [2.75, 3.05) is 5.32 Å². The number of carbonyl (C=O) groups is 1. The monoisotopic (exact) mass is 434 g/mol. The third-order valence-electron chi connectivity index (χ3n) is 4.98. The van der Waals surface area contributed by atoms with Gasteiger partial charge in [0.1, 0.15) is 19.3 Å². The van der Waals surface area contributed by atoms with Crippen LogP contribution in [0.25, 0.3) is 0 Å². The summed E-state index contributed by atoms with van der Waals surface area (Å²) in [5.41, 5.74) is 3.29. The highest BCUT2D eigenvalue weighted by Gasteiger charge is 2.14. The van der Waals surface area contributed by atoms with E-state index in [1.165, 1.54) is 0 Å². The van der Waals surface area contributed by atoms with Crippen molar-refractivity contribution in [3.05, 3.63) is 125 Å². The quantitative estimate of drug-likeness (QED) is 0.371. The lowest BCUT2D eigenvalue weighted by Gasteiger charge is -2.15. The van der Waals surface area contributed by atoms with Crippen LogP contribution in [-0.2, 0) is 13.2 Å². The molecule has 5 nitrogen and oxygen atoms in total. The number of anilines is 1. The fourth-order valence-electron chi connectivity index (χ4n) is 3.24. The Labute approximate surface area is 192 Å². The van der Waals surface area contributed by atoms with Crippen molar-refractivity contribution in [1.29, 1.82) is 5.26 Å². The van der Waals surface area contributed by atoms with Crippen LogP contribution in [0.4, 0.5) is 5.69 Å². The molecule has 33 heavy (non-hydrogen) atoms. The van der Waals surface area contributed by atoms with Crippen molar-refractivity contribution < 1.29 is 14.3 Å². The Morgan fingerprint density at radius 1 is 0.727 bits per heavy atom. The Morgan fingerprint density at radius 3 is 1.94 bits per heavy atom. The van der Waals surface area contributed by atoms with Gasteiger partial charge in [-0.3, -0.25) is 4.79 Å². The predicted octanol–water partition coefficient (Wildman–Crippen LogP) is 5.97. The first-order chi connectivity index (χ1) is 16.2. The van der Waals surface area contributed by atoms with Gasteiger partial charge in [-0.15, -0.1) is 0 Å². The van der Waals surface area contributed by atoms with Crippen LogP contribution >= 0.6 is 0 Å². The lowest BCUT2D eigenvalue weighted by atomic mass is 10.1. The van der Waals surface area contributed by atoms with Gasteiger partial charge >= 0.3 is 0 Å². The van der Waals surface area contributed by atoms with E-state index in [2.05, 4.69) is 11.4 Å². The van der Waals surface area contributed by atoms with Crippen LogP contribution in [0.2, 0.25) is 0 Å². The average molecular weight is 434 g/mol. The minimum absolute atomic E-state index is 0.336. The zero-order valence-electron chi connectivity index (χ0n) is 17.9. The van der Waals surface area contributed by atoms with Crippen molar-refractivity contribution in [1.82, 2.24) is 0 Å². The number of hydrogen-bond acceptors (Lipinski definition) is 4. The molecule has 4 rings (SSSR count). The third-order valence-corrected chi connectivity index (χ3v) is 4.98. The Balaban J connectivity index is 1.56. The van der Waals surface area contributed by atoms with Crippen molar-refractivity contribution in [2.45, 2.75) is 13.2 Å². The molecule has 0 aromatic heterocycles. The number of rotatable bonds is 8. The Bertz CT molecular complexity index is 1270. The first-order valence-electron chi connectivity index (χ1n) is 10.5. The number of benzene rings is 4. The van der Waals surface area contributed by atoms with E-state index in [9.17, 15) is 10.1 Å². The smallest absolute Gasteiger partial charge is 0.255 e. The second kappa shape index (κ2) is 10.7. The van der Waals surface area contributed by atoms with E-state index < -0.39 is 0 Å². The average Bonchev–Trinajstić information content (AvgIpc) is 2.88. The molecule has 0 aliphatic heterocycles. The summed E-state index contributed by atoms with van der Waals surface area (Å²) in [5.74, 6) is 0.677. The minimum Gasteiger partial charge on any atom is -0.485 e. The molecular formula is C28H22N2O3. The van der Waals surface area contributed by atoms with Crippen LogP contribution in [0, 0.1) is 11.3 Å². The highest BCUT2D eigenvalue weighted by Crippen LogP contribution is 2.30. The normalized spacial score (nSPS) is 10.2. The van der Waals surface area contributed by atoms with Crippen LogP contribution in [0.5, 0.6) is 11.5 Å². The van der Waals surface area contributed by atoms with Gasteiger partial charge in [-0.05, 0) is 41.5 Å². The number of amides is 1. The summed E-state index contributed by atoms with van der Waals surface area (Å²) >= 11 is 0. The van der Waals surface area contributed by atoms with Crippen molar-refractivity contribution in [3.8, 4) is 17.6 Å². The van der Waals surface area contributed by atoms with E-state index in [1.807, 2.05) is 60.7 Å². The molecule has 4 aromatic rings. The molecule has 162 valence electrons. The highest BCUT2D eigenvalue weighted by molar-refractivity contribution is 6.05. The molecule has 0 radical (unpaired) electrons. The molecule has 0 atom stereocenters. The number of ether oxygens (including phenoxy) is 2. The van der Waals surface area contributed by atoms with E-state index in [-0.39, 0.29) is 5.91 Å². The van der Waals surface area contributed by atoms with E-state index in [4.69, 9.17) is 9.47 Å². The van der Waals surface area contributed by atoms with E-state index >= 15 is 0 Å². The number of nitrogens with one attached hydrogen (secondary N) is 1. The SMILES string of the molecule is N#Cc1ccccc1NC(=O)c1ccc(OCc2ccccc2)c(OCc2ccccc2)c1. The number of hydrogen-bond donors (Lipinski definition) is 1. The standard InChI is InChI=1S/C28H22N2O3/c29-18-24-13-7-8-14-25(24)30-28(31)23-15-16-26(32-19-21-9-3-1-4-10-21)27(17-23)33-20-22-11-5-2-6-12-22/h1-17H,19-20H2,(H,30,31). The second-order valence-electron chi connectivity index (χ2n) is 7.32. The molecule has 5 heteroatoms. The topological polar surface area (TPSA) is 71.4 Å². The van der Waals surface area contributed by atoms with Crippen LogP contribution in [0.1, 0.15) is 27.0 Å². The molecule has 1 amide bonds. The first kappa shape index (κ1) is 21.7. The van der Waals surface area contributed by atoms with Crippen molar-refractivity contribution in [2.24, 2.45) is 0 Å². The molecule has 0 bridgehead atoms. The summed E-state index contributed by atoms with van der Waals surface area (Å²) in [6.45, 7) is 0.717. The summed E-state index contributed by atoms with van der Waals surface area (Å²) in [6.07, 6.45) is 0.